The number of nitrogens with one attached hydrogen (secondary N) is 2. The number of amides is 4. The van der Waals surface area contributed by atoms with Crippen molar-refractivity contribution in [1.29, 1.82) is 0 Å². The third kappa shape index (κ3) is 4.65. The van der Waals surface area contributed by atoms with Gasteiger partial charge in [0.1, 0.15) is 12.1 Å². The van der Waals surface area contributed by atoms with E-state index in [1.54, 1.807) is 4.90 Å². The van der Waals surface area contributed by atoms with E-state index < -0.39 is 24.0 Å². The Morgan fingerprint density at radius 2 is 1.82 bits per heavy atom. The quantitative estimate of drug-likeness (QED) is 0.408. The van der Waals surface area contributed by atoms with Crippen LogP contribution >= 0.6 is 12.4 Å². The Morgan fingerprint density at radius 1 is 1.18 bits per heavy atom. The maximum Gasteiger partial charge on any atom is 0.243 e. The van der Waals surface area contributed by atoms with Gasteiger partial charge in [0.15, 0.2) is 0 Å². The van der Waals surface area contributed by atoms with Crippen LogP contribution in [0.1, 0.15) is 65.7 Å². The molecule has 0 radical (unpaired) electrons. The zero-order chi connectivity index (χ0) is 24.1. The number of primary amides is 1. The molecule has 0 aromatic carbocycles. The monoisotopic (exact) mass is 497 g/mol. The molecule has 6 atom stereocenters. The number of hydrogen-bond acceptors (Lipinski definition) is 5. The van der Waals surface area contributed by atoms with Crippen molar-refractivity contribution >= 4 is 36.0 Å². The first-order valence-corrected chi connectivity index (χ1v) is 12.4. The normalized spacial score (nSPS) is 32.6. The van der Waals surface area contributed by atoms with Crippen LogP contribution in [-0.4, -0.2) is 59.7 Å². The molecule has 2 saturated heterocycles. The van der Waals surface area contributed by atoms with Crippen molar-refractivity contribution in [3.05, 3.63) is 0 Å². The molecule has 9 nitrogen and oxygen atoms in total. The van der Waals surface area contributed by atoms with Crippen molar-refractivity contribution in [2.75, 3.05) is 13.1 Å². The lowest BCUT2D eigenvalue weighted by Crippen LogP contribution is -2.59. The number of nitrogens with zero attached hydrogens (tertiary/aromatic N) is 1. The van der Waals surface area contributed by atoms with Gasteiger partial charge in [-0.25, -0.2) is 0 Å². The van der Waals surface area contributed by atoms with Crippen LogP contribution in [0.25, 0.3) is 0 Å². The molecule has 10 heteroatoms. The van der Waals surface area contributed by atoms with Crippen molar-refractivity contribution in [2.24, 2.45) is 40.1 Å². The third-order valence-electron chi connectivity index (χ3n) is 9.12. The number of likely N-dealkylation sites (tertiary alicyclic amines) is 1. The zero-order valence-electron chi connectivity index (χ0n) is 20.5. The molecule has 0 aromatic rings. The summed E-state index contributed by atoms with van der Waals surface area (Å²) in [6.07, 6.45) is 5.90. The average Bonchev–Trinajstić information content (AvgIpc) is 3.13. The molecule has 2 heterocycles. The third-order valence-corrected chi connectivity index (χ3v) is 9.12. The molecule has 4 amide bonds. The van der Waals surface area contributed by atoms with E-state index in [2.05, 4.69) is 31.4 Å². The van der Waals surface area contributed by atoms with E-state index in [1.165, 1.54) is 0 Å². The number of carbonyl (C=O) groups is 4. The first kappa shape index (κ1) is 26.7. The molecule has 2 saturated carbocycles. The highest BCUT2D eigenvalue weighted by atomic mass is 35.5. The highest BCUT2D eigenvalue weighted by Crippen LogP contribution is 2.65. The first-order valence-electron chi connectivity index (χ1n) is 12.4. The zero-order valence-corrected chi connectivity index (χ0v) is 21.3. The average molecular weight is 498 g/mol. The van der Waals surface area contributed by atoms with Crippen LogP contribution in [0.15, 0.2) is 0 Å². The minimum atomic E-state index is -0.950. The fourth-order valence-corrected chi connectivity index (χ4v) is 6.62. The van der Waals surface area contributed by atoms with E-state index >= 15 is 0 Å². The summed E-state index contributed by atoms with van der Waals surface area (Å²) in [5, 5.41) is 5.53. The van der Waals surface area contributed by atoms with Crippen molar-refractivity contribution in [3.8, 4) is 0 Å². The van der Waals surface area contributed by atoms with E-state index in [9.17, 15) is 19.2 Å². The number of piperidine rings is 1. The van der Waals surface area contributed by atoms with Gasteiger partial charge in [0.05, 0.1) is 6.04 Å². The minimum absolute atomic E-state index is 0. The van der Waals surface area contributed by atoms with E-state index in [0.717, 1.165) is 32.1 Å². The van der Waals surface area contributed by atoms with Crippen LogP contribution in [0, 0.1) is 28.6 Å². The Bertz CT molecular complexity index is 843. The van der Waals surface area contributed by atoms with Crippen LogP contribution in [-0.2, 0) is 19.2 Å². The summed E-state index contributed by atoms with van der Waals surface area (Å²) in [7, 11) is 0. The summed E-state index contributed by atoms with van der Waals surface area (Å²) >= 11 is 0. The molecule has 4 rings (SSSR count). The number of hydrogen-bond donors (Lipinski definition) is 4. The largest absolute Gasteiger partial charge is 0.368 e. The van der Waals surface area contributed by atoms with Gasteiger partial charge in [0.2, 0.25) is 23.6 Å². The smallest absolute Gasteiger partial charge is 0.243 e. The SMILES string of the molecule is CC1([C@H](N)C(=O)N2C[C@H]3[C@@H]([C@H]2C(=O)N[C@@H](C[C@@H]2CCNC2=O)C(N)=O)C3(C)C)CCCCC1.Cl. The fraction of sp³-hybridized carbons (Fsp3) is 0.833. The molecule has 0 unspecified atom stereocenters. The van der Waals surface area contributed by atoms with E-state index in [4.69, 9.17) is 11.5 Å². The highest BCUT2D eigenvalue weighted by molar-refractivity contribution is 5.94. The molecule has 4 fully saturated rings. The lowest BCUT2D eigenvalue weighted by Gasteiger charge is -2.41. The van der Waals surface area contributed by atoms with Gasteiger partial charge in [0, 0.05) is 19.0 Å². The predicted molar refractivity (Wildman–Crippen MR) is 130 cm³/mol. The molecule has 0 spiro atoms. The van der Waals surface area contributed by atoms with Crippen LogP contribution in [0.2, 0.25) is 0 Å². The number of fused-ring (bicyclic) bond motifs is 1. The molecule has 0 bridgehead atoms. The van der Waals surface area contributed by atoms with Crippen molar-refractivity contribution in [1.82, 2.24) is 15.5 Å². The van der Waals surface area contributed by atoms with Crippen LogP contribution in [0.4, 0.5) is 0 Å². The van der Waals surface area contributed by atoms with Gasteiger partial charge in [-0.3, -0.25) is 19.2 Å². The molecule has 2 aliphatic heterocycles. The molecule has 34 heavy (non-hydrogen) atoms. The summed E-state index contributed by atoms with van der Waals surface area (Å²) in [6.45, 7) is 7.37. The van der Waals surface area contributed by atoms with E-state index in [0.29, 0.717) is 19.5 Å². The molecule has 4 aliphatic rings. The Hall–Kier alpha value is -1.87. The molecule has 0 aromatic heterocycles. The maximum atomic E-state index is 13.6. The molecule has 2 aliphatic carbocycles. The van der Waals surface area contributed by atoms with Crippen LogP contribution in [0.3, 0.4) is 0 Å². The number of halogens is 1. The van der Waals surface area contributed by atoms with Crippen molar-refractivity contribution in [3.63, 3.8) is 0 Å². The summed E-state index contributed by atoms with van der Waals surface area (Å²) < 4.78 is 0. The summed E-state index contributed by atoms with van der Waals surface area (Å²) in [6, 6.07) is -2.27. The van der Waals surface area contributed by atoms with Gasteiger partial charge in [-0.05, 0) is 48.3 Å². The van der Waals surface area contributed by atoms with Gasteiger partial charge in [-0.2, -0.15) is 0 Å². The highest BCUT2D eigenvalue weighted by Gasteiger charge is 2.69. The molecule has 6 N–H and O–H groups in total. The summed E-state index contributed by atoms with van der Waals surface area (Å²) in [5.74, 6) is -1.43. The van der Waals surface area contributed by atoms with Gasteiger partial charge < -0.3 is 27.0 Å². The Balaban J connectivity index is 0.00000324. The fourth-order valence-electron chi connectivity index (χ4n) is 6.62. The Labute approximate surface area is 207 Å². The topological polar surface area (TPSA) is 148 Å². The van der Waals surface area contributed by atoms with Crippen molar-refractivity contribution in [2.45, 2.75) is 83.8 Å². The number of rotatable bonds is 7. The second-order valence-corrected chi connectivity index (χ2v) is 11.6. The predicted octanol–water partition coefficient (Wildman–Crippen LogP) is 0.685. The minimum Gasteiger partial charge on any atom is -0.368 e. The van der Waals surface area contributed by atoms with E-state index in [1.807, 2.05) is 0 Å². The number of nitrogens with two attached hydrogens (primary N) is 2. The van der Waals surface area contributed by atoms with Gasteiger partial charge >= 0.3 is 0 Å². The summed E-state index contributed by atoms with van der Waals surface area (Å²) in [5.41, 5.74) is 11.8. The standard InChI is InChI=1S/C24H39N5O4.ClH/c1-23(2)14-12-29(22(33)18(25)24(3)8-5-4-6-9-24)17(16(14)23)21(32)28-15(19(26)30)11-13-7-10-27-20(13)31;/h13-18H,4-12,25H2,1-3H3,(H2,26,30)(H,27,31)(H,28,32);1H/t13-,14-,15-,16-,17-,18+;/m0./s1. The lowest BCUT2D eigenvalue weighted by atomic mass is 9.70. The summed E-state index contributed by atoms with van der Waals surface area (Å²) in [4.78, 5) is 52.8. The van der Waals surface area contributed by atoms with Gasteiger partial charge in [0.25, 0.3) is 0 Å². The Morgan fingerprint density at radius 3 is 2.38 bits per heavy atom. The van der Waals surface area contributed by atoms with Crippen LogP contribution in [0.5, 0.6) is 0 Å². The lowest BCUT2D eigenvalue weighted by molar-refractivity contribution is -0.144. The Kier molecular flexibility index (Phi) is 7.58. The maximum absolute atomic E-state index is 13.6. The van der Waals surface area contributed by atoms with E-state index in [-0.39, 0.29) is 65.1 Å². The molecule has 192 valence electrons. The van der Waals surface area contributed by atoms with Gasteiger partial charge in [-0.1, -0.05) is 40.0 Å². The van der Waals surface area contributed by atoms with Gasteiger partial charge in [-0.15, -0.1) is 12.4 Å². The first-order chi connectivity index (χ1) is 15.5. The molecular weight excluding hydrogens is 458 g/mol. The van der Waals surface area contributed by atoms with Crippen LogP contribution < -0.4 is 22.1 Å². The second-order valence-electron chi connectivity index (χ2n) is 11.6. The number of carbonyl (C=O) groups excluding carboxylic acids is 4. The molecular formula is C24H40ClN5O4. The van der Waals surface area contributed by atoms with Crippen molar-refractivity contribution < 1.29 is 19.2 Å². The second kappa shape index (κ2) is 9.64.